The van der Waals surface area contributed by atoms with E-state index >= 15 is 0 Å². The Balaban J connectivity index is 2.39. The van der Waals surface area contributed by atoms with Crippen molar-refractivity contribution in [3.05, 3.63) is 40.7 Å². The summed E-state index contributed by atoms with van der Waals surface area (Å²) >= 11 is 0. The predicted octanol–water partition coefficient (Wildman–Crippen LogP) is 4.60. The normalized spacial score (nSPS) is 11.0. The van der Waals surface area contributed by atoms with Crippen molar-refractivity contribution in [2.45, 2.75) is 27.7 Å². The number of benzene rings is 2. The van der Waals surface area contributed by atoms with Crippen molar-refractivity contribution in [2.24, 2.45) is 4.99 Å². The van der Waals surface area contributed by atoms with Crippen LogP contribution in [0.3, 0.4) is 0 Å². The first-order valence-corrected chi connectivity index (χ1v) is 8.51. The number of hydrogen-bond donors (Lipinski definition) is 2. The van der Waals surface area contributed by atoms with Crippen LogP contribution in [0.15, 0.2) is 33.7 Å². The van der Waals surface area contributed by atoms with Crippen molar-refractivity contribution in [1.29, 1.82) is 0 Å². The van der Waals surface area contributed by atoms with Crippen LogP contribution in [0, 0.1) is 13.8 Å². The Bertz CT molecular complexity index is 897. The van der Waals surface area contributed by atoms with E-state index in [1.54, 1.807) is 0 Å². The van der Waals surface area contributed by atoms with E-state index in [2.05, 4.69) is 67.6 Å². The highest BCUT2D eigenvalue weighted by Gasteiger charge is 2.11. The quantitative estimate of drug-likeness (QED) is 0.690. The minimum absolute atomic E-state index is 0.857. The summed E-state index contributed by atoms with van der Waals surface area (Å²) in [4.78, 5) is 4.56. The summed E-state index contributed by atoms with van der Waals surface area (Å²) in [5.74, 6) is 0. The Kier molecular flexibility index (Phi) is 4.47. The van der Waals surface area contributed by atoms with E-state index in [0.29, 0.717) is 0 Å². The fraction of sp³-hybridized carbons (Fsp3) is 0.350. The van der Waals surface area contributed by atoms with Gasteiger partial charge in [-0.3, -0.25) is 4.99 Å². The molecule has 24 heavy (non-hydrogen) atoms. The van der Waals surface area contributed by atoms with E-state index in [4.69, 9.17) is 4.42 Å². The molecule has 0 aliphatic heterocycles. The molecule has 4 nitrogen and oxygen atoms in total. The molecule has 0 aliphatic rings. The average molecular weight is 323 g/mol. The molecule has 3 aromatic rings. The maximum atomic E-state index is 6.23. The van der Waals surface area contributed by atoms with Gasteiger partial charge in [-0.1, -0.05) is 0 Å². The summed E-state index contributed by atoms with van der Waals surface area (Å²) in [5.41, 5.74) is 6.32. The molecule has 0 unspecified atom stereocenters. The number of fused-ring (bicyclic) bond motifs is 2. The third kappa shape index (κ3) is 2.73. The molecule has 2 N–H and O–H groups in total. The lowest BCUT2D eigenvalue weighted by Crippen LogP contribution is -2.08. The Labute approximate surface area is 142 Å². The first kappa shape index (κ1) is 16.4. The Hall–Kier alpha value is -2.49. The second kappa shape index (κ2) is 6.56. The second-order valence-corrected chi connectivity index (χ2v) is 6.06. The van der Waals surface area contributed by atoms with Crippen LogP contribution in [0.4, 0.5) is 11.4 Å². The van der Waals surface area contributed by atoms with Crippen LogP contribution < -0.4 is 16.0 Å². The number of hydrogen-bond acceptors (Lipinski definition) is 4. The van der Waals surface area contributed by atoms with Gasteiger partial charge in [-0.25, -0.2) is 0 Å². The van der Waals surface area contributed by atoms with Crippen LogP contribution in [0.25, 0.3) is 21.9 Å². The minimum Gasteiger partial charge on any atom is -0.456 e. The van der Waals surface area contributed by atoms with Crippen molar-refractivity contribution in [2.75, 3.05) is 30.8 Å². The summed E-state index contributed by atoms with van der Waals surface area (Å²) in [7, 11) is 1.84. The zero-order valence-corrected chi connectivity index (χ0v) is 15.1. The first-order valence-electron chi connectivity index (χ1n) is 8.51. The van der Waals surface area contributed by atoms with Crippen LogP contribution in [0.2, 0.25) is 0 Å². The van der Waals surface area contributed by atoms with Crippen molar-refractivity contribution < 1.29 is 4.42 Å². The minimum atomic E-state index is 0.857. The fourth-order valence-electron chi connectivity index (χ4n) is 3.18. The summed E-state index contributed by atoms with van der Waals surface area (Å²) < 4.78 is 6.23. The topological polar surface area (TPSA) is 49.6 Å². The van der Waals surface area contributed by atoms with E-state index in [1.165, 1.54) is 11.1 Å². The largest absolute Gasteiger partial charge is 0.456 e. The summed E-state index contributed by atoms with van der Waals surface area (Å²) in [5, 5.41) is 9.88. The van der Waals surface area contributed by atoms with Crippen LogP contribution in [-0.2, 0) is 0 Å². The van der Waals surface area contributed by atoms with Gasteiger partial charge in [-0.15, -0.1) is 0 Å². The molecule has 0 bridgehead atoms. The molecule has 3 rings (SSSR count). The monoisotopic (exact) mass is 323 g/mol. The highest BCUT2D eigenvalue weighted by Crippen LogP contribution is 2.28. The van der Waals surface area contributed by atoms with Crippen LogP contribution in [0.5, 0.6) is 0 Å². The molecule has 126 valence electrons. The highest BCUT2D eigenvalue weighted by atomic mass is 16.3. The lowest BCUT2D eigenvalue weighted by Gasteiger charge is -2.13. The molecule has 0 atom stereocenters. The fourth-order valence-corrected chi connectivity index (χ4v) is 3.18. The van der Waals surface area contributed by atoms with Crippen LogP contribution >= 0.6 is 0 Å². The third-order valence-corrected chi connectivity index (χ3v) is 4.34. The Morgan fingerprint density at radius 2 is 1.29 bits per heavy atom. The van der Waals surface area contributed by atoms with Gasteiger partial charge in [0.2, 0.25) is 0 Å². The Morgan fingerprint density at radius 1 is 0.833 bits per heavy atom. The van der Waals surface area contributed by atoms with Crippen molar-refractivity contribution in [1.82, 2.24) is 0 Å². The molecule has 0 aliphatic carbocycles. The number of rotatable bonds is 4. The number of anilines is 2. The summed E-state index contributed by atoms with van der Waals surface area (Å²) in [6.07, 6.45) is 0. The van der Waals surface area contributed by atoms with E-state index in [1.807, 2.05) is 7.05 Å². The lowest BCUT2D eigenvalue weighted by molar-refractivity contribution is 0.659. The van der Waals surface area contributed by atoms with E-state index in [-0.39, 0.29) is 0 Å². The molecule has 4 heteroatoms. The van der Waals surface area contributed by atoms with Crippen molar-refractivity contribution in [3.8, 4) is 0 Å². The molecular weight excluding hydrogens is 298 g/mol. The van der Waals surface area contributed by atoms with Gasteiger partial charge >= 0.3 is 0 Å². The predicted molar refractivity (Wildman–Crippen MR) is 103 cm³/mol. The van der Waals surface area contributed by atoms with Gasteiger partial charge in [0.15, 0.2) is 0 Å². The van der Waals surface area contributed by atoms with E-state index in [9.17, 15) is 0 Å². The molecule has 0 spiro atoms. The van der Waals surface area contributed by atoms with Gasteiger partial charge in [0.1, 0.15) is 11.2 Å². The van der Waals surface area contributed by atoms with Crippen molar-refractivity contribution >= 4 is 33.3 Å². The maximum Gasteiger partial charge on any atom is 0.138 e. The molecule has 0 saturated carbocycles. The average Bonchev–Trinajstić information content (AvgIpc) is 2.55. The molecule has 2 aromatic carbocycles. The van der Waals surface area contributed by atoms with Gasteiger partial charge in [-0.2, -0.15) is 0 Å². The van der Waals surface area contributed by atoms with Gasteiger partial charge in [0, 0.05) is 54.4 Å². The summed E-state index contributed by atoms with van der Waals surface area (Å²) in [6, 6.07) is 8.47. The van der Waals surface area contributed by atoms with Crippen molar-refractivity contribution in [3.63, 3.8) is 0 Å². The maximum absolute atomic E-state index is 6.23. The van der Waals surface area contributed by atoms with E-state index < -0.39 is 0 Å². The van der Waals surface area contributed by atoms with Crippen LogP contribution in [-0.4, -0.2) is 20.1 Å². The molecule has 1 aromatic heterocycles. The SMILES string of the molecule is CCNc1cc2oc3cc(NCC)c(C)cc3c(=NC)c2cc1C. The Morgan fingerprint density at radius 3 is 1.67 bits per heavy atom. The zero-order valence-electron chi connectivity index (χ0n) is 15.1. The van der Waals surface area contributed by atoms with Crippen LogP contribution in [0.1, 0.15) is 25.0 Å². The molecule has 0 amide bonds. The molecule has 0 saturated heterocycles. The standard InChI is InChI=1S/C20H25N3O/c1-6-22-16-10-18-14(8-12(16)3)20(21-5)15-9-13(4)17(23-7-2)11-19(15)24-18/h8-11,22-23H,6-7H2,1-5H3. The van der Waals surface area contributed by atoms with E-state index in [0.717, 1.165) is 51.8 Å². The molecule has 0 radical (unpaired) electrons. The second-order valence-electron chi connectivity index (χ2n) is 6.06. The number of nitrogens with zero attached hydrogens (tertiary/aromatic N) is 1. The zero-order chi connectivity index (χ0) is 17.3. The van der Waals surface area contributed by atoms with Gasteiger partial charge in [-0.05, 0) is 51.0 Å². The molecule has 1 heterocycles. The van der Waals surface area contributed by atoms with Gasteiger partial charge < -0.3 is 15.1 Å². The molecule has 0 fully saturated rings. The third-order valence-electron chi connectivity index (χ3n) is 4.34. The highest BCUT2D eigenvalue weighted by molar-refractivity contribution is 5.93. The lowest BCUT2D eigenvalue weighted by atomic mass is 10.0. The van der Waals surface area contributed by atoms with Gasteiger partial charge in [0.25, 0.3) is 0 Å². The molecular formula is C20H25N3O. The number of aryl methyl sites for hydroxylation is 2. The smallest absolute Gasteiger partial charge is 0.138 e. The van der Waals surface area contributed by atoms with Gasteiger partial charge in [0.05, 0.1) is 5.36 Å². The summed E-state index contributed by atoms with van der Waals surface area (Å²) in [6.45, 7) is 10.2. The first-order chi connectivity index (χ1) is 11.6. The number of nitrogens with one attached hydrogen (secondary N) is 2.